The van der Waals surface area contributed by atoms with Gasteiger partial charge >= 0.3 is 5.97 Å². The number of halogens is 2. The number of hydrogen-bond donors (Lipinski definition) is 2. The van der Waals surface area contributed by atoms with Crippen molar-refractivity contribution >= 4 is 28.3 Å². The Bertz CT molecular complexity index is 811. The number of methoxy groups -OCH3 is 1. The molecule has 1 aromatic heterocycles. The van der Waals surface area contributed by atoms with Crippen LogP contribution in [0.15, 0.2) is 30.3 Å². The van der Waals surface area contributed by atoms with E-state index in [1.54, 1.807) is 0 Å². The molecule has 2 aromatic rings. The summed E-state index contributed by atoms with van der Waals surface area (Å²) in [5, 5.41) is 5.32. The van der Waals surface area contributed by atoms with Crippen molar-refractivity contribution in [2.45, 2.75) is 24.8 Å². The Balaban J connectivity index is 1.82. The lowest BCUT2D eigenvalue weighted by molar-refractivity contribution is -0.139. The van der Waals surface area contributed by atoms with Crippen molar-refractivity contribution in [1.82, 2.24) is 10.3 Å². The monoisotopic (exact) mass is 381 g/mol. The van der Waals surface area contributed by atoms with E-state index >= 15 is 0 Å². The number of ether oxygens (including phenoxy) is 1. The number of rotatable bonds is 5. The number of carbonyl (C=O) groups is 2. The molecule has 0 bridgehead atoms. The number of nitrogens with one attached hydrogen (secondary N) is 2. The number of anilines is 1. The van der Waals surface area contributed by atoms with E-state index in [-0.39, 0.29) is 11.6 Å². The van der Waals surface area contributed by atoms with Crippen LogP contribution in [0.3, 0.4) is 0 Å². The minimum atomic E-state index is -2.89. The highest BCUT2D eigenvalue weighted by molar-refractivity contribution is 7.16. The number of alkyl halides is 2. The van der Waals surface area contributed by atoms with Gasteiger partial charge in [-0.3, -0.25) is 14.9 Å². The van der Waals surface area contributed by atoms with Crippen LogP contribution in [0.5, 0.6) is 0 Å². The summed E-state index contributed by atoms with van der Waals surface area (Å²) in [5.74, 6) is -3.89. The standard InChI is InChI=1S/C17H17F2N3O3S/c1-25-13(23)7-12-14(10-5-3-2-4-6-10)21-16(26-12)22-15(24)11-8-17(18,19)9-20-11/h2-6,11,20H,7-9H2,1H3,(H,21,22,24). The molecule has 1 aliphatic heterocycles. The Morgan fingerprint density at radius 1 is 1.38 bits per heavy atom. The van der Waals surface area contributed by atoms with Crippen molar-refractivity contribution in [3.63, 3.8) is 0 Å². The number of benzene rings is 1. The highest BCUT2D eigenvalue weighted by Crippen LogP contribution is 2.32. The Kier molecular flexibility index (Phi) is 5.28. The summed E-state index contributed by atoms with van der Waals surface area (Å²) in [6.45, 7) is -0.522. The second kappa shape index (κ2) is 7.46. The Hall–Kier alpha value is -2.39. The largest absolute Gasteiger partial charge is 0.469 e. The summed E-state index contributed by atoms with van der Waals surface area (Å²) in [4.78, 5) is 28.9. The number of thiazole rings is 1. The predicted octanol–water partition coefficient (Wildman–Crippen LogP) is 2.46. The van der Waals surface area contributed by atoms with Gasteiger partial charge in [0.05, 0.1) is 31.8 Å². The van der Waals surface area contributed by atoms with Crippen molar-refractivity contribution in [2.75, 3.05) is 19.0 Å². The number of aromatic nitrogens is 1. The average molecular weight is 381 g/mol. The van der Waals surface area contributed by atoms with Gasteiger partial charge in [0.15, 0.2) is 5.13 Å². The van der Waals surface area contributed by atoms with Gasteiger partial charge in [0, 0.05) is 16.9 Å². The van der Waals surface area contributed by atoms with E-state index in [9.17, 15) is 18.4 Å². The summed E-state index contributed by atoms with van der Waals surface area (Å²) in [5.41, 5.74) is 1.34. The van der Waals surface area contributed by atoms with E-state index in [0.29, 0.717) is 10.6 Å². The van der Waals surface area contributed by atoms with Crippen molar-refractivity contribution in [3.05, 3.63) is 35.2 Å². The number of hydrogen-bond acceptors (Lipinski definition) is 6. The molecule has 26 heavy (non-hydrogen) atoms. The topological polar surface area (TPSA) is 80.3 Å². The van der Waals surface area contributed by atoms with Gasteiger partial charge in [0.1, 0.15) is 0 Å². The fourth-order valence-corrected chi connectivity index (χ4v) is 3.62. The SMILES string of the molecule is COC(=O)Cc1sc(NC(=O)C2CC(F)(F)CN2)nc1-c1ccccc1. The van der Waals surface area contributed by atoms with Crippen molar-refractivity contribution in [1.29, 1.82) is 0 Å². The molecule has 1 aliphatic rings. The molecule has 138 valence electrons. The van der Waals surface area contributed by atoms with Crippen molar-refractivity contribution in [2.24, 2.45) is 0 Å². The first kappa shape index (κ1) is 18.4. The normalized spacial score (nSPS) is 18.5. The molecule has 1 amide bonds. The Morgan fingerprint density at radius 2 is 2.12 bits per heavy atom. The van der Waals surface area contributed by atoms with Crippen LogP contribution < -0.4 is 10.6 Å². The Labute approximate surface area is 152 Å². The van der Waals surface area contributed by atoms with Crippen LogP contribution in [0.25, 0.3) is 11.3 Å². The van der Waals surface area contributed by atoms with E-state index in [1.807, 2.05) is 30.3 Å². The molecular formula is C17H17F2N3O3S. The predicted molar refractivity (Wildman–Crippen MR) is 93.3 cm³/mol. The van der Waals surface area contributed by atoms with Crippen LogP contribution in [0, 0.1) is 0 Å². The van der Waals surface area contributed by atoms with E-state index in [0.717, 1.165) is 16.9 Å². The maximum Gasteiger partial charge on any atom is 0.310 e. The minimum absolute atomic E-state index is 0.00795. The van der Waals surface area contributed by atoms with Gasteiger partial charge in [0.2, 0.25) is 5.91 Å². The molecule has 3 rings (SSSR count). The molecule has 1 fully saturated rings. The van der Waals surface area contributed by atoms with Crippen molar-refractivity contribution < 1.29 is 23.1 Å². The van der Waals surface area contributed by atoms with Crippen molar-refractivity contribution in [3.8, 4) is 11.3 Å². The van der Waals surface area contributed by atoms with Gasteiger partial charge in [-0.15, -0.1) is 11.3 Å². The first-order valence-electron chi connectivity index (χ1n) is 7.92. The average Bonchev–Trinajstić information content (AvgIpc) is 3.18. The summed E-state index contributed by atoms with van der Waals surface area (Å²) < 4.78 is 31.2. The van der Waals surface area contributed by atoms with Crippen LogP contribution >= 0.6 is 11.3 Å². The number of nitrogens with zero attached hydrogens (tertiary/aromatic N) is 1. The summed E-state index contributed by atoms with van der Waals surface area (Å²) in [6, 6.07) is 8.21. The van der Waals surface area contributed by atoms with E-state index in [1.165, 1.54) is 7.11 Å². The second-order valence-corrected chi connectivity index (χ2v) is 6.98. The number of esters is 1. The molecule has 1 saturated heterocycles. The highest BCUT2D eigenvalue weighted by atomic mass is 32.1. The molecule has 6 nitrogen and oxygen atoms in total. The summed E-state index contributed by atoms with van der Waals surface area (Å²) >= 11 is 1.13. The van der Waals surface area contributed by atoms with Gasteiger partial charge in [0.25, 0.3) is 5.92 Å². The molecular weight excluding hydrogens is 364 g/mol. The highest BCUT2D eigenvalue weighted by Gasteiger charge is 2.42. The zero-order chi connectivity index (χ0) is 18.7. The number of carbonyl (C=O) groups excluding carboxylic acids is 2. The molecule has 9 heteroatoms. The summed E-state index contributed by atoms with van der Waals surface area (Å²) in [7, 11) is 1.29. The molecule has 1 atom stereocenters. The van der Waals surface area contributed by atoms with Crippen LogP contribution in [-0.2, 0) is 20.7 Å². The lowest BCUT2D eigenvalue weighted by atomic mass is 10.1. The van der Waals surface area contributed by atoms with Gasteiger partial charge in [-0.2, -0.15) is 0 Å². The molecule has 1 unspecified atom stereocenters. The fourth-order valence-electron chi connectivity index (χ4n) is 2.64. The third kappa shape index (κ3) is 4.23. The minimum Gasteiger partial charge on any atom is -0.469 e. The molecule has 0 saturated carbocycles. The van der Waals surface area contributed by atoms with Gasteiger partial charge in [-0.25, -0.2) is 13.8 Å². The third-order valence-corrected chi connectivity index (χ3v) is 4.90. The van der Waals surface area contributed by atoms with E-state index in [4.69, 9.17) is 4.74 Å². The summed E-state index contributed by atoms with van der Waals surface area (Å²) in [6.07, 6.45) is -0.543. The maximum atomic E-state index is 13.3. The zero-order valence-electron chi connectivity index (χ0n) is 13.9. The van der Waals surface area contributed by atoms with Gasteiger partial charge < -0.3 is 10.1 Å². The lowest BCUT2D eigenvalue weighted by Crippen LogP contribution is -2.35. The molecule has 2 N–H and O–H groups in total. The van der Waals surface area contributed by atoms with Crippen LogP contribution in [0.2, 0.25) is 0 Å². The third-order valence-electron chi connectivity index (χ3n) is 3.93. The first-order chi connectivity index (χ1) is 12.4. The fraction of sp³-hybridized carbons (Fsp3) is 0.353. The van der Waals surface area contributed by atoms with Gasteiger partial charge in [-0.05, 0) is 0 Å². The zero-order valence-corrected chi connectivity index (χ0v) is 14.7. The van der Waals surface area contributed by atoms with Crippen LogP contribution in [-0.4, -0.2) is 42.5 Å². The molecule has 0 spiro atoms. The smallest absolute Gasteiger partial charge is 0.310 e. The maximum absolute atomic E-state index is 13.3. The molecule has 0 aliphatic carbocycles. The lowest BCUT2D eigenvalue weighted by Gasteiger charge is -2.09. The molecule has 2 heterocycles. The van der Waals surface area contributed by atoms with E-state index in [2.05, 4.69) is 15.6 Å². The van der Waals surface area contributed by atoms with Gasteiger partial charge in [-0.1, -0.05) is 30.3 Å². The number of amides is 1. The quantitative estimate of drug-likeness (QED) is 0.778. The van der Waals surface area contributed by atoms with E-state index < -0.39 is 36.8 Å². The first-order valence-corrected chi connectivity index (χ1v) is 8.73. The van der Waals surface area contributed by atoms with Crippen LogP contribution in [0.4, 0.5) is 13.9 Å². The second-order valence-electron chi connectivity index (χ2n) is 5.89. The molecule has 1 aromatic carbocycles. The Morgan fingerprint density at radius 3 is 2.73 bits per heavy atom. The molecule has 0 radical (unpaired) electrons. The van der Waals surface area contributed by atoms with Crippen LogP contribution in [0.1, 0.15) is 11.3 Å².